The van der Waals surface area contributed by atoms with Crippen molar-refractivity contribution in [2.24, 2.45) is 0 Å². The number of ether oxygens (including phenoxy) is 3. The van der Waals surface area contributed by atoms with Gasteiger partial charge >= 0.3 is 17.9 Å². The van der Waals surface area contributed by atoms with Gasteiger partial charge in [-0.2, -0.15) is 0 Å². The smallest absolute Gasteiger partial charge is 0.306 e. The number of esters is 3. The van der Waals surface area contributed by atoms with E-state index in [0.29, 0.717) is 25.7 Å². The van der Waals surface area contributed by atoms with Gasteiger partial charge in [0.25, 0.3) is 0 Å². The van der Waals surface area contributed by atoms with Gasteiger partial charge in [0.2, 0.25) is 0 Å². The van der Waals surface area contributed by atoms with Gasteiger partial charge < -0.3 is 14.2 Å². The maximum absolute atomic E-state index is 12.9. The van der Waals surface area contributed by atoms with Crippen molar-refractivity contribution >= 4 is 17.9 Å². The third-order valence-electron chi connectivity index (χ3n) is 14.0. The first kappa shape index (κ1) is 78.0. The van der Waals surface area contributed by atoms with Gasteiger partial charge in [-0.1, -0.05) is 294 Å². The lowest BCUT2D eigenvalue weighted by Crippen LogP contribution is -2.30. The van der Waals surface area contributed by atoms with Crippen LogP contribution in [-0.4, -0.2) is 37.2 Å². The molecule has 0 radical (unpaired) electrons. The molecular formula is C77H124O6. The van der Waals surface area contributed by atoms with Crippen LogP contribution in [0.3, 0.4) is 0 Å². The van der Waals surface area contributed by atoms with E-state index in [1.165, 1.54) is 103 Å². The molecule has 0 aliphatic carbocycles. The number of carbonyl (C=O) groups is 3. The molecule has 6 nitrogen and oxygen atoms in total. The fourth-order valence-electron chi connectivity index (χ4n) is 8.95. The van der Waals surface area contributed by atoms with Crippen molar-refractivity contribution in [1.82, 2.24) is 0 Å². The first-order chi connectivity index (χ1) is 41.0. The fraction of sp³-hybridized carbons (Fsp3) is 0.623. The average molecular weight is 1150 g/mol. The summed E-state index contributed by atoms with van der Waals surface area (Å²) in [5.74, 6) is -0.960. The van der Waals surface area contributed by atoms with Crippen molar-refractivity contribution in [3.63, 3.8) is 0 Å². The maximum Gasteiger partial charge on any atom is 0.306 e. The predicted molar refractivity (Wildman–Crippen MR) is 362 cm³/mol. The van der Waals surface area contributed by atoms with Gasteiger partial charge in [-0.3, -0.25) is 14.4 Å². The summed E-state index contributed by atoms with van der Waals surface area (Å²) in [7, 11) is 0. The molecule has 0 rings (SSSR count). The molecule has 1 atom stereocenters. The highest BCUT2D eigenvalue weighted by atomic mass is 16.6. The van der Waals surface area contributed by atoms with E-state index in [-0.39, 0.29) is 31.1 Å². The van der Waals surface area contributed by atoms with E-state index in [2.05, 4.69) is 179 Å². The lowest BCUT2D eigenvalue weighted by molar-refractivity contribution is -0.167. The van der Waals surface area contributed by atoms with Crippen molar-refractivity contribution in [2.75, 3.05) is 13.2 Å². The number of allylic oxidation sites excluding steroid dienone is 26. The van der Waals surface area contributed by atoms with Crippen molar-refractivity contribution in [1.29, 1.82) is 0 Å². The summed E-state index contributed by atoms with van der Waals surface area (Å²) in [5, 5.41) is 0. The lowest BCUT2D eigenvalue weighted by atomic mass is 10.1. The number of hydrogen-bond acceptors (Lipinski definition) is 6. The van der Waals surface area contributed by atoms with Crippen LogP contribution in [0.2, 0.25) is 0 Å². The van der Waals surface area contributed by atoms with Crippen LogP contribution in [0.4, 0.5) is 0 Å². The first-order valence-corrected chi connectivity index (χ1v) is 34.0. The summed E-state index contributed by atoms with van der Waals surface area (Å²) in [6.45, 7) is 6.46. The summed E-state index contributed by atoms with van der Waals surface area (Å²) in [5.41, 5.74) is 0. The van der Waals surface area contributed by atoms with Gasteiger partial charge in [-0.15, -0.1) is 0 Å². The molecule has 0 aliphatic heterocycles. The SMILES string of the molecule is CC/C=C\C/C=C\C/C=C\C/C=C\C/C=C\C/C=C\C/C=C\C/C=C\C/C=C\C/C=C\CCCCC(=O)OCC(COC(=O)CCCCCCCCCCCCC)OC(=O)CCCCCCCC/C=C\C/C=C\C/C=C\CCCCCCC. The van der Waals surface area contributed by atoms with Crippen molar-refractivity contribution < 1.29 is 28.6 Å². The normalized spacial score (nSPS) is 13.1. The van der Waals surface area contributed by atoms with Crippen LogP contribution >= 0.6 is 0 Å². The van der Waals surface area contributed by atoms with Crippen LogP contribution in [-0.2, 0) is 28.6 Å². The zero-order chi connectivity index (χ0) is 59.9. The number of rotatable bonds is 60. The Morgan fingerprint density at radius 3 is 0.759 bits per heavy atom. The Morgan fingerprint density at radius 1 is 0.253 bits per heavy atom. The molecule has 83 heavy (non-hydrogen) atoms. The van der Waals surface area contributed by atoms with Gasteiger partial charge in [0, 0.05) is 19.3 Å². The Morgan fingerprint density at radius 2 is 0.470 bits per heavy atom. The number of carbonyl (C=O) groups excluding carboxylic acids is 3. The first-order valence-electron chi connectivity index (χ1n) is 34.0. The Balaban J connectivity index is 4.39. The molecule has 0 fully saturated rings. The predicted octanol–water partition coefficient (Wildman–Crippen LogP) is 23.7. The van der Waals surface area contributed by atoms with Gasteiger partial charge in [0.05, 0.1) is 0 Å². The molecule has 1 unspecified atom stereocenters. The molecule has 0 saturated carbocycles. The molecule has 0 aromatic rings. The molecule has 0 aromatic carbocycles. The van der Waals surface area contributed by atoms with Crippen LogP contribution in [0.5, 0.6) is 0 Å². The Labute approximate surface area is 511 Å². The molecule has 0 N–H and O–H groups in total. The average Bonchev–Trinajstić information content (AvgIpc) is 3.48. The van der Waals surface area contributed by atoms with Crippen LogP contribution in [0, 0.1) is 0 Å². The van der Waals surface area contributed by atoms with Gasteiger partial charge in [0.15, 0.2) is 6.10 Å². The molecule has 468 valence electrons. The second kappa shape index (κ2) is 69.5. The van der Waals surface area contributed by atoms with Crippen LogP contribution in [0.25, 0.3) is 0 Å². The molecule has 0 aliphatic rings. The van der Waals surface area contributed by atoms with Gasteiger partial charge in [-0.05, 0) is 135 Å². The third-order valence-corrected chi connectivity index (χ3v) is 14.0. The van der Waals surface area contributed by atoms with E-state index in [0.717, 1.165) is 141 Å². The van der Waals surface area contributed by atoms with Gasteiger partial charge in [-0.25, -0.2) is 0 Å². The molecule has 0 spiro atoms. The fourth-order valence-corrected chi connectivity index (χ4v) is 8.95. The molecule has 0 saturated heterocycles. The highest BCUT2D eigenvalue weighted by Crippen LogP contribution is 2.15. The molecule has 6 heteroatoms. The summed E-state index contributed by atoms with van der Waals surface area (Å²) >= 11 is 0. The number of hydrogen-bond donors (Lipinski definition) is 0. The minimum atomic E-state index is -0.809. The minimum absolute atomic E-state index is 0.101. The Hall–Kier alpha value is -4.97. The van der Waals surface area contributed by atoms with Gasteiger partial charge in [0.1, 0.15) is 13.2 Å². The zero-order valence-corrected chi connectivity index (χ0v) is 53.7. The van der Waals surface area contributed by atoms with E-state index in [1.807, 2.05) is 0 Å². The van der Waals surface area contributed by atoms with Crippen LogP contribution in [0.15, 0.2) is 158 Å². The molecule has 0 aromatic heterocycles. The van der Waals surface area contributed by atoms with E-state index in [9.17, 15) is 14.4 Å². The van der Waals surface area contributed by atoms with E-state index >= 15 is 0 Å². The van der Waals surface area contributed by atoms with Crippen molar-refractivity contribution in [2.45, 2.75) is 297 Å². The Kier molecular flexibility index (Phi) is 65.4. The second-order valence-electron chi connectivity index (χ2n) is 22.0. The van der Waals surface area contributed by atoms with E-state index in [4.69, 9.17) is 14.2 Å². The third kappa shape index (κ3) is 67.7. The van der Waals surface area contributed by atoms with E-state index in [1.54, 1.807) is 0 Å². The van der Waals surface area contributed by atoms with Crippen LogP contribution in [0.1, 0.15) is 290 Å². The standard InChI is InChI=1S/C77H124O6/c1-4-7-10-13-16-19-22-24-26-28-30-32-33-34-35-36-37-38-39-40-41-42-43-45-46-48-50-52-55-58-61-64-67-70-76(79)82-73-74(72-81-75(78)69-66-63-60-57-54-21-18-15-12-9-6-3)83-77(80)71-68-65-62-59-56-53-51-49-47-44-31-29-27-25-23-20-17-14-11-8-5-2/h7,10,16,19,23-26,29-32,34-35,37-38,40-41,43,45,47-50,55,58,74H,4-6,8-9,11-15,17-18,20-22,27-28,33,36,39,42,44,46,51-54,56-57,59-73H2,1-3H3/b10-7-,19-16-,25-23-,26-24-,31-29-,32-30-,35-34-,38-37-,41-40-,45-43-,49-47-,50-48-,58-55-. The largest absolute Gasteiger partial charge is 0.462 e. The Bertz CT molecular complexity index is 1840. The zero-order valence-electron chi connectivity index (χ0n) is 53.7. The second-order valence-corrected chi connectivity index (χ2v) is 22.0. The topological polar surface area (TPSA) is 78.9 Å². The molecule has 0 bridgehead atoms. The maximum atomic E-state index is 12.9. The van der Waals surface area contributed by atoms with Crippen molar-refractivity contribution in [3.05, 3.63) is 158 Å². The van der Waals surface area contributed by atoms with Crippen LogP contribution < -0.4 is 0 Å². The lowest BCUT2D eigenvalue weighted by Gasteiger charge is -2.18. The quantitative estimate of drug-likeness (QED) is 0.0261. The summed E-state index contributed by atoms with van der Waals surface area (Å²) in [4.78, 5) is 38.3. The summed E-state index contributed by atoms with van der Waals surface area (Å²) < 4.78 is 16.9. The summed E-state index contributed by atoms with van der Waals surface area (Å²) in [6.07, 6.45) is 101. The number of unbranched alkanes of at least 4 members (excludes halogenated alkanes) is 23. The highest BCUT2D eigenvalue weighted by molar-refractivity contribution is 5.71. The molecule has 0 amide bonds. The highest BCUT2D eigenvalue weighted by Gasteiger charge is 2.19. The monoisotopic (exact) mass is 1140 g/mol. The van der Waals surface area contributed by atoms with Crippen molar-refractivity contribution in [3.8, 4) is 0 Å². The minimum Gasteiger partial charge on any atom is -0.462 e. The summed E-state index contributed by atoms with van der Waals surface area (Å²) in [6, 6.07) is 0. The molecular weight excluding hydrogens is 1020 g/mol. The molecule has 0 heterocycles. The van der Waals surface area contributed by atoms with E-state index < -0.39 is 6.10 Å².